The number of ether oxygens (including phenoxy) is 1. The predicted octanol–water partition coefficient (Wildman–Crippen LogP) is 2.00. The van der Waals surface area contributed by atoms with E-state index in [1.165, 1.54) is 31.5 Å². The molecule has 1 aromatic carbocycles. The molecule has 3 fully saturated rings. The number of amides is 1. The number of nitrogens with zero attached hydrogens (tertiary/aromatic N) is 2. The van der Waals surface area contributed by atoms with Crippen LogP contribution in [0, 0.1) is 6.92 Å². The summed E-state index contributed by atoms with van der Waals surface area (Å²) >= 11 is 0. The third kappa shape index (κ3) is 3.02. The second-order valence-electron chi connectivity index (χ2n) is 7.51. The molecular formula is C19H26N2O2. The molecule has 1 aromatic rings. The van der Waals surface area contributed by atoms with Gasteiger partial charge in [-0.1, -0.05) is 29.8 Å². The van der Waals surface area contributed by atoms with E-state index in [4.69, 9.17) is 4.74 Å². The number of carbonyl (C=O) groups excluding carboxylic acids is 1. The van der Waals surface area contributed by atoms with Gasteiger partial charge in [0.2, 0.25) is 5.91 Å². The molecule has 4 heteroatoms. The van der Waals surface area contributed by atoms with E-state index in [1.54, 1.807) is 0 Å². The van der Waals surface area contributed by atoms with Gasteiger partial charge in [0.1, 0.15) is 5.60 Å². The second kappa shape index (κ2) is 5.91. The highest BCUT2D eigenvalue weighted by atomic mass is 16.5. The standard InChI is InChI=1S/C19H26N2O2/c1-15-5-4-6-16(9-15)10-18(22)21-13-19(14-21)11-17(12-23-19)20-7-2-3-8-20/h4-6,9,17H,2-3,7-8,10-14H2,1H3/t17-/m0/s1. The number of hydrogen-bond donors (Lipinski definition) is 0. The van der Waals surface area contributed by atoms with E-state index in [0.29, 0.717) is 12.5 Å². The molecule has 3 heterocycles. The Morgan fingerprint density at radius 3 is 2.83 bits per heavy atom. The minimum Gasteiger partial charge on any atom is -0.370 e. The van der Waals surface area contributed by atoms with Crippen LogP contribution < -0.4 is 0 Å². The van der Waals surface area contributed by atoms with E-state index in [-0.39, 0.29) is 11.5 Å². The molecule has 3 aliphatic rings. The summed E-state index contributed by atoms with van der Waals surface area (Å²) in [6.07, 6.45) is 4.25. The van der Waals surface area contributed by atoms with Crippen molar-refractivity contribution in [2.24, 2.45) is 0 Å². The van der Waals surface area contributed by atoms with E-state index in [1.807, 2.05) is 17.0 Å². The molecular weight excluding hydrogens is 288 g/mol. The Balaban J connectivity index is 1.30. The van der Waals surface area contributed by atoms with Gasteiger partial charge in [0.05, 0.1) is 26.1 Å². The topological polar surface area (TPSA) is 32.8 Å². The molecule has 124 valence electrons. The number of aryl methyl sites for hydroxylation is 1. The number of benzene rings is 1. The zero-order valence-corrected chi connectivity index (χ0v) is 14.0. The van der Waals surface area contributed by atoms with Gasteiger partial charge in [0.15, 0.2) is 0 Å². The summed E-state index contributed by atoms with van der Waals surface area (Å²) < 4.78 is 6.12. The summed E-state index contributed by atoms with van der Waals surface area (Å²) in [5.41, 5.74) is 2.27. The molecule has 4 nitrogen and oxygen atoms in total. The minimum atomic E-state index is -0.0461. The van der Waals surface area contributed by atoms with Crippen molar-refractivity contribution in [3.63, 3.8) is 0 Å². The molecule has 0 bridgehead atoms. The highest BCUT2D eigenvalue weighted by Crippen LogP contribution is 2.37. The third-order valence-corrected chi connectivity index (χ3v) is 5.60. The summed E-state index contributed by atoms with van der Waals surface area (Å²) in [5, 5.41) is 0. The van der Waals surface area contributed by atoms with Gasteiger partial charge in [-0.2, -0.15) is 0 Å². The Kier molecular flexibility index (Phi) is 3.90. The van der Waals surface area contributed by atoms with Gasteiger partial charge < -0.3 is 9.64 Å². The first-order chi connectivity index (χ1) is 11.1. The smallest absolute Gasteiger partial charge is 0.227 e. The average molecular weight is 314 g/mol. The van der Waals surface area contributed by atoms with Gasteiger partial charge in [-0.3, -0.25) is 9.69 Å². The molecule has 0 saturated carbocycles. The zero-order chi connectivity index (χ0) is 15.9. The fourth-order valence-corrected chi connectivity index (χ4v) is 4.32. The molecule has 1 atom stereocenters. The SMILES string of the molecule is Cc1cccc(CC(=O)N2CC3(C[C@H](N4CCCC4)CO3)C2)c1. The van der Waals surface area contributed by atoms with Crippen LogP contribution in [0.5, 0.6) is 0 Å². The average Bonchev–Trinajstić information content (AvgIpc) is 3.15. The molecule has 0 aromatic heterocycles. The van der Waals surface area contributed by atoms with Crippen molar-refractivity contribution >= 4 is 5.91 Å². The van der Waals surface area contributed by atoms with E-state index >= 15 is 0 Å². The number of hydrogen-bond acceptors (Lipinski definition) is 3. The summed E-state index contributed by atoms with van der Waals surface area (Å²) in [7, 11) is 0. The fourth-order valence-electron chi connectivity index (χ4n) is 4.32. The van der Waals surface area contributed by atoms with Gasteiger partial charge in [0, 0.05) is 6.04 Å². The number of rotatable bonds is 3. The largest absolute Gasteiger partial charge is 0.370 e. The van der Waals surface area contributed by atoms with Crippen molar-refractivity contribution < 1.29 is 9.53 Å². The Morgan fingerprint density at radius 1 is 1.30 bits per heavy atom. The lowest BCUT2D eigenvalue weighted by Gasteiger charge is -2.47. The van der Waals surface area contributed by atoms with Gasteiger partial charge in [-0.05, 0) is 44.8 Å². The van der Waals surface area contributed by atoms with Crippen LogP contribution >= 0.6 is 0 Å². The highest BCUT2D eigenvalue weighted by molar-refractivity contribution is 5.80. The van der Waals surface area contributed by atoms with Gasteiger partial charge in [0.25, 0.3) is 0 Å². The molecule has 4 rings (SSSR count). The predicted molar refractivity (Wildman–Crippen MR) is 89.4 cm³/mol. The van der Waals surface area contributed by atoms with Crippen molar-refractivity contribution in [2.45, 2.75) is 44.2 Å². The lowest BCUT2D eigenvalue weighted by molar-refractivity contribution is -0.157. The fraction of sp³-hybridized carbons (Fsp3) is 0.632. The van der Waals surface area contributed by atoms with Crippen LogP contribution in [0.15, 0.2) is 24.3 Å². The van der Waals surface area contributed by atoms with Gasteiger partial charge in [-0.25, -0.2) is 0 Å². The summed E-state index contributed by atoms with van der Waals surface area (Å²) in [4.78, 5) is 17.0. The quantitative estimate of drug-likeness (QED) is 0.855. The van der Waals surface area contributed by atoms with E-state index in [0.717, 1.165) is 31.7 Å². The Labute approximate surface area is 138 Å². The molecule has 0 N–H and O–H groups in total. The van der Waals surface area contributed by atoms with Gasteiger partial charge >= 0.3 is 0 Å². The molecule has 1 spiro atoms. The second-order valence-corrected chi connectivity index (χ2v) is 7.51. The highest BCUT2D eigenvalue weighted by Gasteiger charge is 2.52. The summed E-state index contributed by atoms with van der Waals surface area (Å²) in [6, 6.07) is 8.80. The molecule has 0 radical (unpaired) electrons. The van der Waals surface area contributed by atoms with Crippen molar-refractivity contribution in [1.82, 2.24) is 9.80 Å². The maximum atomic E-state index is 12.4. The Hall–Kier alpha value is -1.39. The number of likely N-dealkylation sites (tertiary alicyclic amines) is 2. The summed E-state index contributed by atoms with van der Waals surface area (Å²) in [6.45, 7) is 6.92. The zero-order valence-electron chi connectivity index (χ0n) is 14.0. The van der Waals surface area contributed by atoms with Crippen molar-refractivity contribution in [2.75, 3.05) is 32.8 Å². The molecule has 0 unspecified atom stereocenters. The molecule has 0 aliphatic carbocycles. The van der Waals surface area contributed by atoms with E-state index in [9.17, 15) is 4.79 Å². The Bertz CT molecular complexity index is 589. The van der Waals surface area contributed by atoms with Crippen LogP contribution in [0.25, 0.3) is 0 Å². The minimum absolute atomic E-state index is 0.0461. The normalized spacial score (nSPS) is 26.7. The monoisotopic (exact) mass is 314 g/mol. The summed E-state index contributed by atoms with van der Waals surface area (Å²) in [5.74, 6) is 0.231. The van der Waals surface area contributed by atoms with Crippen LogP contribution in [-0.4, -0.2) is 60.1 Å². The van der Waals surface area contributed by atoms with Crippen LogP contribution in [0.1, 0.15) is 30.4 Å². The molecule has 1 amide bonds. The first-order valence-corrected chi connectivity index (χ1v) is 8.85. The maximum absolute atomic E-state index is 12.4. The number of carbonyl (C=O) groups is 1. The lowest BCUT2D eigenvalue weighted by Crippen LogP contribution is -2.63. The van der Waals surface area contributed by atoms with Crippen LogP contribution in [-0.2, 0) is 16.0 Å². The lowest BCUT2D eigenvalue weighted by atomic mass is 9.88. The van der Waals surface area contributed by atoms with Gasteiger partial charge in [-0.15, -0.1) is 0 Å². The van der Waals surface area contributed by atoms with Crippen molar-refractivity contribution in [3.8, 4) is 0 Å². The van der Waals surface area contributed by atoms with Crippen LogP contribution in [0.3, 0.4) is 0 Å². The van der Waals surface area contributed by atoms with Crippen molar-refractivity contribution in [1.29, 1.82) is 0 Å². The first-order valence-electron chi connectivity index (χ1n) is 8.85. The van der Waals surface area contributed by atoms with E-state index in [2.05, 4.69) is 24.0 Å². The first kappa shape index (κ1) is 15.2. The van der Waals surface area contributed by atoms with Crippen molar-refractivity contribution in [3.05, 3.63) is 35.4 Å². The third-order valence-electron chi connectivity index (χ3n) is 5.60. The van der Waals surface area contributed by atoms with Crippen LogP contribution in [0.2, 0.25) is 0 Å². The van der Waals surface area contributed by atoms with E-state index < -0.39 is 0 Å². The molecule has 3 aliphatic heterocycles. The van der Waals surface area contributed by atoms with Crippen LogP contribution in [0.4, 0.5) is 0 Å². The maximum Gasteiger partial charge on any atom is 0.227 e. The molecule has 23 heavy (non-hydrogen) atoms. The Morgan fingerprint density at radius 2 is 2.09 bits per heavy atom. The molecule has 3 saturated heterocycles.